The summed E-state index contributed by atoms with van der Waals surface area (Å²) in [7, 11) is 0. The first kappa shape index (κ1) is 21.8. The van der Waals surface area contributed by atoms with Crippen LogP contribution in [0.15, 0.2) is 36.5 Å². The van der Waals surface area contributed by atoms with Gasteiger partial charge in [-0.2, -0.15) is 13.2 Å². The molecule has 0 spiro atoms. The van der Waals surface area contributed by atoms with Gasteiger partial charge >= 0.3 is 6.18 Å². The fourth-order valence-corrected chi connectivity index (χ4v) is 2.59. The molecular formula is C19H17ClF4N2O2. The second kappa shape index (κ2) is 7.87. The van der Waals surface area contributed by atoms with Crippen LogP contribution in [0.5, 0.6) is 0 Å². The van der Waals surface area contributed by atoms with Gasteiger partial charge in [0.2, 0.25) is 0 Å². The molecule has 28 heavy (non-hydrogen) atoms. The number of nitrogens with zero attached hydrogens (tertiary/aromatic N) is 1. The van der Waals surface area contributed by atoms with Gasteiger partial charge in [0.25, 0.3) is 5.91 Å². The van der Waals surface area contributed by atoms with Gasteiger partial charge in [-0.1, -0.05) is 31.5 Å². The molecular weight excluding hydrogens is 400 g/mol. The Hall–Kier alpha value is -2.48. The second-order valence-corrected chi connectivity index (χ2v) is 7.20. The van der Waals surface area contributed by atoms with Crippen molar-refractivity contribution >= 4 is 23.3 Å². The van der Waals surface area contributed by atoms with Crippen molar-refractivity contribution in [3.8, 4) is 0 Å². The molecule has 0 saturated heterocycles. The van der Waals surface area contributed by atoms with Crippen molar-refractivity contribution in [2.24, 2.45) is 5.41 Å². The quantitative estimate of drug-likeness (QED) is 0.556. The van der Waals surface area contributed by atoms with Crippen molar-refractivity contribution in [1.29, 1.82) is 0 Å². The number of nitrogens with one attached hydrogen (secondary N) is 1. The van der Waals surface area contributed by atoms with Gasteiger partial charge in [-0.25, -0.2) is 4.39 Å². The summed E-state index contributed by atoms with van der Waals surface area (Å²) in [5, 5.41) is 2.63. The predicted octanol–water partition coefficient (Wildman–Crippen LogP) is 4.92. The molecule has 1 atom stereocenters. The summed E-state index contributed by atoms with van der Waals surface area (Å²) in [6.45, 7) is 4.45. The fourth-order valence-electron chi connectivity index (χ4n) is 2.48. The number of rotatable bonds is 5. The maximum Gasteiger partial charge on any atom is 0.417 e. The van der Waals surface area contributed by atoms with Crippen molar-refractivity contribution < 1.29 is 27.2 Å². The largest absolute Gasteiger partial charge is 0.417 e. The van der Waals surface area contributed by atoms with Crippen molar-refractivity contribution in [3.05, 3.63) is 64.2 Å². The van der Waals surface area contributed by atoms with Crippen LogP contribution in [-0.2, 0) is 6.18 Å². The van der Waals surface area contributed by atoms with Crippen molar-refractivity contribution in [3.63, 3.8) is 0 Å². The second-order valence-electron chi connectivity index (χ2n) is 6.77. The minimum atomic E-state index is -4.91. The molecule has 0 radical (unpaired) electrons. The monoisotopic (exact) mass is 416 g/mol. The Morgan fingerprint density at radius 2 is 1.79 bits per heavy atom. The lowest BCUT2D eigenvalue weighted by Crippen LogP contribution is -2.47. The van der Waals surface area contributed by atoms with E-state index in [-0.39, 0.29) is 5.69 Å². The van der Waals surface area contributed by atoms with E-state index in [0.29, 0.717) is 11.1 Å². The number of alkyl halides is 3. The topological polar surface area (TPSA) is 59.1 Å². The summed E-state index contributed by atoms with van der Waals surface area (Å²) >= 11 is 5.74. The first-order valence-corrected chi connectivity index (χ1v) is 8.56. The maximum absolute atomic E-state index is 14.0. The number of ketones is 1. The van der Waals surface area contributed by atoms with Crippen molar-refractivity contribution in [2.75, 3.05) is 0 Å². The molecule has 0 fully saturated rings. The lowest BCUT2D eigenvalue weighted by molar-refractivity contribution is -0.138. The fraction of sp³-hybridized carbons (Fsp3) is 0.316. The SMILES string of the molecule is CC(NC(=O)c1c(F)cccc1C(F)(F)F)C(C)(C)C(=O)c1ccc(Cl)cn1. The average Bonchev–Trinajstić information content (AvgIpc) is 2.60. The zero-order chi connectivity index (χ0) is 21.3. The van der Waals surface area contributed by atoms with Gasteiger partial charge in [0, 0.05) is 17.7 Å². The molecule has 1 aromatic heterocycles. The summed E-state index contributed by atoms with van der Waals surface area (Å²) in [5.74, 6) is -3.02. The van der Waals surface area contributed by atoms with Gasteiger partial charge < -0.3 is 5.32 Å². The molecule has 1 aromatic carbocycles. The Balaban J connectivity index is 2.29. The van der Waals surface area contributed by atoms with E-state index in [1.165, 1.54) is 39.1 Å². The summed E-state index contributed by atoms with van der Waals surface area (Å²) < 4.78 is 53.4. The van der Waals surface area contributed by atoms with Crippen LogP contribution in [0.1, 0.15) is 47.2 Å². The van der Waals surface area contributed by atoms with Crippen LogP contribution in [0.3, 0.4) is 0 Å². The number of benzene rings is 1. The third-order valence-electron chi connectivity index (χ3n) is 4.52. The molecule has 0 bridgehead atoms. The van der Waals surface area contributed by atoms with Crippen LogP contribution in [-0.4, -0.2) is 22.7 Å². The molecule has 0 saturated carbocycles. The molecule has 1 heterocycles. The first-order chi connectivity index (χ1) is 12.9. The van der Waals surface area contributed by atoms with E-state index >= 15 is 0 Å². The number of amides is 1. The summed E-state index contributed by atoms with van der Waals surface area (Å²) in [6, 6.07) is 4.21. The Morgan fingerprint density at radius 1 is 1.14 bits per heavy atom. The highest BCUT2D eigenvalue weighted by Gasteiger charge is 2.40. The average molecular weight is 417 g/mol. The number of carbonyl (C=O) groups is 2. The highest BCUT2D eigenvalue weighted by Crippen LogP contribution is 2.33. The predicted molar refractivity (Wildman–Crippen MR) is 95.7 cm³/mol. The Kier molecular flexibility index (Phi) is 6.13. The molecule has 4 nitrogen and oxygen atoms in total. The Morgan fingerprint density at radius 3 is 2.32 bits per heavy atom. The van der Waals surface area contributed by atoms with Gasteiger partial charge in [0.15, 0.2) is 5.78 Å². The minimum absolute atomic E-state index is 0.0809. The third kappa shape index (κ3) is 4.49. The molecule has 0 aliphatic rings. The van der Waals surface area contributed by atoms with Crippen molar-refractivity contribution in [2.45, 2.75) is 33.0 Å². The molecule has 2 aromatic rings. The molecule has 0 aliphatic carbocycles. The van der Waals surface area contributed by atoms with Gasteiger partial charge in [-0.15, -0.1) is 0 Å². The number of carbonyl (C=O) groups excluding carboxylic acids is 2. The number of Topliss-reactive ketones (excluding diaryl/α,β-unsaturated/α-hetero) is 1. The van der Waals surface area contributed by atoms with Crippen LogP contribution in [0.2, 0.25) is 5.02 Å². The number of hydrogen-bond acceptors (Lipinski definition) is 3. The zero-order valence-electron chi connectivity index (χ0n) is 15.2. The molecule has 2 rings (SSSR count). The molecule has 9 heteroatoms. The van der Waals surface area contributed by atoms with Crippen molar-refractivity contribution in [1.82, 2.24) is 10.3 Å². The number of hydrogen-bond donors (Lipinski definition) is 1. The summed E-state index contributed by atoms with van der Waals surface area (Å²) in [4.78, 5) is 29.0. The summed E-state index contributed by atoms with van der Waals surface area (Å²) in [6.07, 6.45) is -3.63. The van der Waals surface area contributed by atoms with E-state index < -0.39 is 46.3 Å². The number of halogens is 5. The maximum atomic E-state index is 14.0. The van der Waals surface area contributed by atoms with E-state index in [1.54, 1.807) is 0 Å². The van der Waals surface area contributed by atoms with Crippen LogP contribution >= 0.6 is 11.6 Å². The zero-order valence-corrected chi connectivity index (χ0v) is 16.0. The van der Waals surface area contributed by atoms with Crippen LogP contribution in [0.25, 0.3) is 0 Å². The smallest absolute Gasteiger partial charge is 0.348 e. The van der Waals surface area contributed by atoms with E-state index in [2.05, 4.69) is 10.3 Å². The normalized spacial score (nSPS) is 13.1. The highest BCUT2D eigenvalue weighted by molar-refractivity contribution is 6.30. The van der Waals surface area contributed by atoms with Gasteiger partial charge in [0.05, 0.1) is 16.1 Å². The van der Waals surface area contributed by atoms with Gasteiger partial charge in [-0.05, 0) is 31.2 Å². The Bertz CT molecular complexity index is 896. The van der Waals surface area contributed by atoms with E-state index in [9.17, 15) is 27.2 Å². The van der Waals surface area contributed by atoms with Crippen LogP contribution < -0.4 is 5.32 Å². The lowest BCUT2D eigenvalue weighted by Gasteiger charge is -2.31. The van der Waals surface area contributed by atoms with E-state index in [4.69, 9.17) is 11.6 Å². The third-order valence-corrected chi connectivity index (χ3v) is 4.75. The van der Waals surface area contributed by atoms with E-state index in [1.807, 2.05) is 0 Å². The first-order valence-electron chi connectivity index (χ1n) is 8.18. The molecule has 1 amide bonds. The van der Waals surface area contributed by atoms with E-state index in [0.717, 1.165) is 12.1 Å². The number of aromatic nitrogens is 1. The Labute approximate surface area is 163 Å². The summed E-state index contributed by atoms with van der Waals surface area (Å²) in [5.41, 5.74) is -3.66. The van der Waals surface area contributed by atoms with Crippen LogP contribution in [0.4, 0.5) is 17.6 Å². The van der Waals surface area contributed by atoms with Crippen LogP contribution in [0, 0.1) is 11.2 Å². The molecule has 150 valence electrons. The highest BCUT2D eigenvalue weighted by atomic mass is 35.5. The number of pyridine rings is 1. The lowest BCUT2D eigenvalue weighted by atomic mass is 9.79. The molecule has 1 N–H and O–H groups in total. The minimum Gasteiger partial charge on any atom is -0.348 e. The standard InChI is InChI=1S/C19H17ClF4N2O2/c1-10(18(2,3)16(27)14-8-7-11(20)9-25-14)26-17(28)15-12(19(22,23)24)5-4-6-13(15)21/h4-10H,1-3H3,(H,26,28). The molecule has 1 unspecified atom stereocenters. The van der Waals surface area contributed by atoms with Gasteiger partial charge in [0.1, 0.15) is 11.5 Å². The molecule has 0 aliphatic heterocycles. The van der Waals surface area contributed by atoms with Gasteiger partial charge in [-0.3, -0.25) is 14.6 Å².